The Kier molecular flexibility index (Phi) is 4.59. The van der Waals surface area contributed by atoms with E-state index in [1.807, 2.05) is 0 Å². The van der Waals surface area contributed by atoms with E-state index in [1.54, 1.807) is 6.07 Å². The van der Waals surface area contributed by atoms with Gasteiger partial charge in [-0.2, -0.15) is 0 Å². The van der Waals surface area contributed by atoms with Crippen LogP contribution in [-0.2, 0) is 10.0 Å². The lowest BCUT2D eigenvalue weighted by Gasteiger charge is -2.10. The van der Waals surface area contributed by atoms with Crippen LogP contribution in [0, 0.1) is 5.82 Å². The summed E-state index contributed by atoms with van der Waals surface area (Å²) in [7, 11) is -3.95. The first-order chi connectivity index (χ1) is 9.31. The molecular formula is C12H7BrCl2FNO2S. The SMILES string of the molecule is O=S(=O)(Nc1cccc(Cl)c1Cl)c1ccc(Br)c(F)c1. The standard InChI is InChI=1S/C12H7BrCl2FNO2S/c13-8-5-4-7(6-10(8)16)20(18,19)17-11-3-1-2-9(14)12(11)15/h1-6,17H. The fourth-order valence-corrected chi connectivity index (χ4v) is 3.16. The molecule has 0 fully saturated rings. The predicted molar refractivity (Wildman–Crippen MR) is 81.4 cm³/mol. The van der Waals surface area contributed by atoms with E-state index in [0.29, 0.717) is 0 Å². The van der Waals surface area contributed by atoms with Gasteiger partial charge < -0.3 is 0 Å². The molecule has 0 aromatic heterocycles. The van der Waals surface area contributed by atoms with Crippen molar-refractivity contribution in [3.8, 4) is 0 Å². The van der Waals surface area contributed by atoms with E-state index in [9.17, 15) is 12.8 Å². The highest BCUT2D eigenvalue weighted by Crippen LogP contribution is 2.31. The largest absolute Gasteiger partial charge is 0.278 e. The van der Waals surface area contributed by atoms with E-state index in [-0.39, 0.29) is 25.1 Å². The molecule has 0 saturated carbocycles. The van der Waals surface area contributed by atoms with Crippen LogP contribution in [0.1, 0.15) is 0 Å². The Morgan fingerprint density at radius 2 is 1.85 bits per heavy atom. The van der Waals surface area contributed by atoms with Gasteiger partial charge in [0.1, 0.15) is 5.82 Å². The van der Waals surface area contributed by atoms with E-state index in [2.05, 4.69) is 20.7 Å². The minimum atomic E-state index is -3.95. The Bertz CT molecular complexity index is 768. The first-order valence-electron chi connectivity index (χ1n) is 5.23. The Balaban J connectivity index is 2.41. The maximum Gasteiger partial charge on any atom is 0.262 e. The van der Waals surface area contributed by atoms with Crippen molar-refractivity contribution in [2.24, 2.45) is 0 Å². The number of hydrogen-bond donors (Lipinski definition) is 1. The maximum atomic E-state index is 13.4. The minimum Gasteiger partial charge on any atom is -0.278 e. The lowest BCUT2D eigenvalue weighted by molar-refractivity contribution is 0.593. The van der Waals surface area contributed by atoms with Crippen LogP contribution in [0.3, 0.4) is 0 Å². The fraction of sp³-hybridized carbons (Fsp3) is 0. The molecule has 0 aliphatic heterocycles. The molecule has 2 aromatic carbocycles. The van der Waals surface area contributed by atoms with Crippen LogP contribution in [-0.4, -0.2) is 8.42 Å². The summed E-state index contributed by atoms with van der Waals surface area (Å²) in [5.74, 6) is -0.676. The van der Waals surface area contributed by atoms with Gasteiger partial charge in [-0.3, -0.25) is 4.72 Å². The van der Waals surface area contributed by atoms with E-state index >= 15 is 0 Å². The van der Waals surface area contributed by atoms with Gasteiger partial charge in [0.25, 0.3) is 10.0 Å². The molecule has 0 aliphatic rings. The number of halogens is 4. The summed E-state index contributed by atoms with van der Waals surface area (Å²) in [6, 6.07) is 8.03. The molecule has 2 aromatic rings. The Morgan fingerprint density at radius 3 is 2.50 bits per heavy atom. The summed E-state index contributed by atoms with van der Waals surface area (Å²) < 4.78 is 40.1. The maximum absolute atomic E-state index is 13.4. The molecular weight excluding hydrogens is 392 g/mol. The van der Waals surface area contributed by atoms with Gasteiger partial charge in [-0.1, -0.05) is 29.3 Å². The molecule has 0 saturated heterocycles. The summed E-state index contributed by atoms with van der Waals surface area (Å²) in [6.07, 6.45) is 0. The molecule has 0 bridgehead atoms. The molecule has 8 heteroatoms. The highest BCUT2D eigenvalue weighted by molar-refractivity contribution is 9.10. The number of nitrogens with one attached hydrogen (secondary N) is 1. The summed E-state index contributed by atoms with van der Waals surface area (Å²) in [6.45, 7) is 0. The van der Waals surface area contributed by atoms with Gasteiger partial charge in [0.05, 0.1) is 25.1 Å². The van der Waals surface area contributed by atoms with Crippen molar-refractivity contribution < 1.29 is 12.8 Å². The van der Waals surface area contributed by atoms with Gasteiger partial charge in [0.2, 0.25) is 0 Å². The third-order valence-electron chi connectivity index (χ3n) is 2.40. The van der Waals surface area contributed by atoms with Crippen LogP contribution in [0.5, 0.6) is 0 Å². The second-order valence-corrected chi connectivity index (χ2v) is 7.10. The van der Waals surface area contributed by atoms with Gasteiger partial charge >= 0.3 is 0 Å². The van der Waals surface area contributed by atoms with Crippen molar-refractivity contribution in [1.29, 1.82) is 0 Å². The lowest BCUT2D eigenvalue weighted by Crippen LogP contribution is -2.13. The summed E-state index contributed by atoms with van der Waals surface area (Å²) >= 11 is 14.7. The third kappa shape index (κ3) is 3.25. The van der Waals surface area contributed by atoms with E-state index in [1.165, 1.54) is 24.3 Å². The molecule has 0 amide bonds. The number of sulfonamides is 1. The van der Waals surface area contributed by atoms with Crippen LogP contribution in [0.15, 0.2) is 45.8 Å². The highest BCUT2D eigenvalue weighted by Gasteiger charge is 2.18. The van der Waals surface area contributed by atoms with Crippen LogP contribution in [0.25, 0.3) is 0 Å². The van der Waals surface area contributed by atoms with E-state index in [0.717, 1.165) is 6.07 Å². The Labute approximate surface area is 133 Å². The zero-order valence-corrected chi connectivity index (χ0v) is 13.6. The van der Waals surface area contributed by atoms with Crippen molar-refractivity contribution in [3.05, 3.63) is 56.7 Å². The van der Waals surface area contributed by atoms with Gasteiger partial charge in [0.15, 0.2) is 0 Å². The number of rotatable bonds is 3. The van der Waals surface area contributed by atoms with Crippen molar-refractivity contribution in [1.82, 2.24) is 0 Å². The third-order valence-corrected chi connectivity index (χ3v) is 5.22. The first-order valence-corrected chi connectivity index (χ1v) is 8.26. The molecule has 0 heterocycles. The Morgan fingerprint density at radius 1 is 1.15 bits per heavy atom. The predicted octanol–water partition coefficient (Wildman–Crippen LogP) is 4.70. The molecule has 3 nitrogen and oxygen atoms in total. The first kappa shape index (κ1) is 15.6. The molecule has 106 valence electrons. The molecule has 0 aliphatic carbocycles. The lowest BCUT2D eigenvalue weighted by atomic mass is 10.3. The minimum absolute atomic E-state index is 0.0790. The molecule has 0 spiro atoms. The number of benzene rings is 2. The monoisotopic (exact) mass is 397 g/mol. The smallest absolute Gasteiger partial charge is 0.262 e. The average Bonchev–Trinajstić information content (AvgIpc) is 2.38. The van der Waals surface area contributed by atoms with E-state index < -0.39 is 15.8 Å². The van der Waals surface area contributed by atoms with E-state index in [4.69, 9.17) is 23.2 Å². The molecule has 0 radical (unpaired) electrons. The highest BCUT2D eigenvalue weighted by atomic mass is 79.9. The molecule has 1 N–H and O–H groups in total. The fourth-order valence-electron chi connectivity index (χ4n) is 1.43. The summed E-state index contributed by atoms with van der Waals surface area (Å²) in [5.41, 5.74) is 0.127. The normalized spacial score (nSPS) is 11.4. The van der Waals surface area contributed by atoms with Crippen molar-refractivity contribution in [2.75, 3.05) is 4.72 Å². The molecule has 0 unspecified atom stereocenters. The van der Waals surface area contributed by atoms with Gasteiger partial charge in [0, 0.05) is 0 Å². The summed E-state index contributed by atoms with van der Waals surface area (Å²) in [4.78, 5) is -0.214. The zero-order valence-electron chi connectivity index (χ0n) is 9.70. The second-order valence-electron chi connectivity index (χ2n) is 3.78. The van der Waals surface area contributed by atoms with Crippen molar-refractivity contribution >= 4 is 54.8 Å². The molecule has 2 rings (SSSR count). The van der Waals surface area contributed by atoms with Crippen LogP contribution < -0.4 is 4.72 Å². The van der Waals surface area contributed by atoms with Crippen molar-refractivity contribution in [2.45, 2.75) is 4.90 Å². The number of anilines is 1. The second kappa shape index (κ2) is 5.89. The molecule has 0 atom stereocenters. The Hall–Kier alpha value is -0.820. The zero-order chi connectivity index (χ0) is 14.9. The van der Waals surface area contributed by atoms with Crippen LogP contribution in [0.4, 0.5) is 10.1 Å². The van der Waals surface area contributed by atoms with Gasteiger partial charge in [-0.25, -0.2) is 12.8 Å². The summed E-state index contributed by atoms with van der Waals surface area (Å²) in [5, 5.41) is 0.296. The van der Waals surface area contributed by atoms with Crippen LogP contribution in [0.2, 0.25) is 10.0 Å². The molecule has 20 heavy (non-hydrogen) atoms. The quantitative estimate of drug-likeness (QED) is 0.814. The van der Waals surface area contributed by atoms with Gasteiger partial charge in [-0.15, -0.1) is 0 Å². The average molecular weight is 399 g/mol. The number of hydrogen-bond acceptors (Lipinski definition) is 2. The topological polar surface area (TPSA) is 46.2 Å². The van der Waals surface area contributed by atoms with Gasteiger partial charge in [-0.05, 0) is 46.3 Å². The van der Waals surface area contributed by atoms with Crippen molar-refractivity contribution in [3.63, 3.8) is 0 Å². The van der Waals surface area contributed by atoms with Crippen LogP contribution >= 0.6 is 39.1 Å².